The SMILES string of the molecule is Nc1cc(F)ccc1C1CCCN1. The van der Waals surface area contributed by atoms with Gasteiger partial charge in [0.05, 0.1) is 0 Å². The summed E-state index contributed by atoms with van der Waals surface area (Å²) in [6.45, 7) is 1.03. The van der Waals surface area contributed by atoms with Crippen LogP contribution in [0.2, 0.25) is 0 Å². The molecule has 2 nitrogen and oxygen atoms in total. The van der Waals surface area contributed by atoms with Gasteiger partial charge < -0.3 is 11.1 Å². The maximum atomic E-state index is 12.7. The molecule has 1 aromatic carbocycles. The van der Waals surface area contributed by atoms with E-state index < -0.39 is 0 Å². The highest BCUT2D eigenvalue weighted by atomic mass is 19.1. The summed E-state index contributed by atoms with van der Waals surface area (Å²) in [6.07, 6.45) is 2.26. The van der Waals surface area contributed by atoms with Gasteiger partial charge >= 0.3 is 0 Å². The highest BCUT2D eigenvalue weighted by molar-refractivity contribution is 5.48. The van der Waals surface area contributed by atoms with Crippen LogP contribution in [0.15, 0.2) is 18.2 Å². The van der Waals surface area contributed by atoms with E-state index in [2.05, 4.69) is 5.32 Å². The molecular weight excluding hydrogens is 167 g/mol. The van der Waals surface area contributed by atoms with Crippen molar-refractivity contribution in [2.24, 2.45) is 0 Å². The molecule has 0 bridgehead atoms. The maximum absolute atomic E-state index is 12.7. The molecule has 70 valence electrons. The van der Waals surface area contributed by atoms with Gasteiger partial charge in [-0.3, -0.25) is 0 Å². The Balaban J connectivity index is 2.29. The normalized spacial score (nSPS) is 22.1. The van der Waals surface area contributed by atoms with Gasteiger partial charge in [0.15, 0.2) is 0 Å². The smallest absolute Gasteiger partial charge is 0.125 e. The van der Waals surface area contributed by atoms with Crippen LogP contribution in [0, 0.1) is 5.82 Å². The van der Waals surface area contributed by atoms with Crippen LogP contribution in [0.3, 0.4) is 0 Å². The van der Waals surface area contributed by atoms with Crippen LogP contribution in [-0.4, -0.2) is 6.54 Å². The summed E-state index contributed by atoms with van der Waals surface area (Å²) < 4.78 is 12.7. The highest BCUT2D eigenvalue weighted by Crippen LogP contribution is 2.27. The minimum atomic E-state index is -0.265. The third-order valence-corrected chi connectivity index (χ3v) is 2.48. The zero-order chi connectivity index (χ0) is 9.26. The first-order chi connectivity index (χ1) is 6.27. The Bertz CT molecular complexity index is 306. The zero-order valence-electron chi connectivity index (χ0n) is 7.39. The van der Waals surface area contributed by atoms with E-state index in [1.54, 1.807) is 6.07 Å². The van der Waals surface area contributed by atoms with Crippen molar-refractivity contribution in [3.05, 3.63) is 29.6 Å². The van der Waals surface area contributed by atoms with Gasteiger partial charge in [0, 0.05) is 11.7 Å². The highest BCUT2D eigenvalue weighted by Gasteiger charge is 2.18. The number of hydrogen-bond donors (Lipinski definition) is 2. The molecule has 1 aliphatic rings. The molecule has 13 heavy (non-hydrogen) atoms. The topological polar surface area (TPSA) is 38.0 Å². The maximum Gasteiger partial charge on any atom is 0.125 e. The second kappa shape index (κ2) is 3.34. The molecular formula is C10H13FN2. The van der Waals surface area contributed by atoms with Crippen molar-refractivity contribution in [1.82, 2.24) is 5.32 Å². The number of anilines is 1. The largest absolute Gasteiger partial charge is 0.398 e. The van der Waals surface area contributed by atoms with Crippen molar-refractivity contribution in [3.63, 3.8) is 0 Å². The average Bonchev–Trinajstić information content (AvgIpc) is 2.56. The Morgan fingerprint density at radius 2 is 2.31 bits per heavy atom. The lowest BCUT2D eigenvalue weighted by Gasteiger charge is -2.12. The quantitative estimate of drug-likeness (QED) is 0.647. The van der Waals surface area contributed by atoms with Gasteiger partial charge in [-0.15, -0.1) is 0 Å². The van der Waals surface area contributed by atoms with E-state index in [0.29, 0.717) is 11.7 Å². The Kier molecular flexibility index (Phi) is 2.19. The van der Waals surface area contributed by atoms with E-state index >= 15 is 0 Å². The molecule has 1 saturated heterocycles. The number of hydrogen-bond acceptors (Lipinski definition) is 2. The molecule has 1 fully saturated rings. The Hall–Kier alpha value is -1.09. The van der Waals surface area contributed by atoms with Crippen LogP contribution in [0.1, 0.15) is 24.4 Å². The summed E-state index contributed by atoms with van der Waals surface area (Å²) >= 11 is 0. The van der Waals surface area contributed by atoms with Gasteiger partial charge in [-0.2, -0.15) is 0 Å². The fraction of sp³-hybridized carbons (Fsp3) is 0.400. The second-order valence-corrected chi connectivity index (χ2v) is 3.42. The molecule has 0 aliphatic carbocycles. The summed E-state index contributed by atoms with van der Waals surface area (Å²) in [5, 5.41) is 3.33. The summed E-state index contributed by atoms with van der Waals surface area (Å²) in [7, 11) is 0. The van der Waals surface area contributed by atoms with Gasteiger partial charge in [0.1, 0.15) is 5.82 Å². The standard InChI is InChI=1S/C10H13FN2/c11-7-3-4-8(9(12)6-7)10-2-1-5-13-10/h3-4,6,10,13H,1-2,5,12H2. The van der Waals surface area contributed by atoms with E-state index in [4.69, 9.17) is 5.73 Å². The van der Waals surface area contributed by atoms with Crippen LogP contribution in [0.5, 0.6) is 0 Å². The van der Waals surface area contributed by atoms with Gasteiger partial charge in [-0.05, 0) is 37.1 Å². The van der Waals surface area contributed by atoms with E-state index in [9.17, 15) is 4.39 Å². The fourth-order valence-electron chi connectivity index (χ4n) is 1.81. The first kappa shape index (κ1) is 8.51. The molecule has 0 aromatic heterocycles. The van der Waals surface area contributed by atoms with Crippen LogP contribution in [0.25, 0.3) is 0 Å². The molecule has 3 N–H and O–H groups in total. The molecule has 0 amide bonds. The van der Waals surface area contributed by atoms with Crippen molar-refractivity contribution in [1.29, 1.82) is 0 Å². The average molecular weight is 180 g/mol. The number of nitrogen functional groups attached to an aromatic ring is 1. The fourth-order valence-corrected chi connectivity index (χ4v) is 1.81. The minimum absolute atomic E-state index is 0.265. The summed E-state index contributed by atoms with van der Waals surface area (Å²) in [6, 6.07) is 4.94. The summed E-state index contributed by atoms with van der Waals surface area (Å²) in [5.74, 6) is -0.265. The third-order valence-electron chi connectivity index (χ3n) is 2.48. The predicted octanol–water partition coefficient (Wildman–Crippen LogP) is 1.83. The Morgan fingerprint density at radius 3 is 2.92 bits per heavy atom. The molecule has 1 heterocycles. The van der Waals surface area contributed by atoms with Gasteiger partial charge in [-0.1, -0.05) is 6.07 Å². The number of halogens is 1. The molecule has 1 unspecified atom stereocenters. The van der Waals surface area contributed by atoms with Crippen molar-refractivity contribution in [3.8, 4) is 0 Å². The zero-order valence-corrected chi connectivity index (χ0v) is 7.39. The van der Waals surface area contributed by atoms with Gasteiger partial charge in [-0.25, -0.2) is 4.39 Å². The van der Waals surface area contributed by atoms with E-state index in [1.165, 1.54) is 18.6 Å². The first-order valence-electron chi connectivity index (χ1n) is 4.55. The lowest BCUT2D eigenvalue weighted by atomic mass is 10.0. The van der Waals surface area contributed by atoms with Crippen molar-refractivity contribution in [2.45, 2.75) is 18.9 Å². The molecule has 1 aliphatic heterocycles. The van der Waals surface area contributed by atoms with Crippen molar-refractivity contribution < 1.29 is 4.39 Å². The van der Waals surface area contributed by atoms with Crippen LogP contribution in [0.4, 0.5) is 10.1 Å². The lowest BCUT2D eigenvalue weighted by molar-refractivity contribution is 0.619. The Labute approximate surface area is 76.9 Å². The molecule has 0 radical (unpaired) electrons. The molecule has 2 rings (SSSR count). The van der Waals surface area contributed by atoms with Gasteiger partial charge in [0.25, 0.3) is 0 Å². The Morgan fingerprint density at radius 1 is 1.46 bits per heavy atom. The van der Waals surface area contributed by atoms with Crippen LogP contribution in [-0.2, 0) is 0 Å². The first-order valence-corrected chi connectivity index (χ1v) is 4.55. The minimum Gasteiger partial charge on any atom is -0.398 e. The van der Waals surface area contributed by atoms with Crippen LogP contribution >= 0.6 is 0 Å². The van der Waals surface area contributed by atoms with E-state index in [1.807, 2.05) is 0 Å². The number of nitrogens with two attached hydrogens (primary N) is 1. The lowest BCUT2D eigenvalue weighted by Crippen LogP contribution is -2.14. The van der Waals surface area contributed by atoms with Crippen molar-refractivity contribution in [2.75, 3.05) is 12.3 Å². The molecule has 3 heteroatoms. The van der Waals surface area contributed by atoms with Gasteiger partial charge in [0.2, 0.25) is 0 Å². The summed E-state index contributed by atoms with van der Waals surface area (Å²) in [4.78, 5) is 0. The number of nitrogens with one attached hydrogen (secondary N) is 1. The monoisotopic (exact) mass is 180 g/mol. The number of rotatable bonds is 1. The summed E-state index contributed by atoms with van der Waals surface area (Å²) in [5.41, 5.74) is 7.30. The predicted molar refractivity (Wildman–Crippen MR) is 50.8 cm³/mol. The third kappa shape index (κ3) is 1.65. The second-order valence-electron chi connectivity index (χ2n) is 3.42. The number of benzene rings is 1. The van der Waals surface area contributed by atoms with Crippen molar-refractivity contribution >= 4 is 5.69 Å². The molecule has 0 spiro atoms. The van der Waals surface area contributed by atoms with Crippen LogP contribution < -0.4 is 11.1 Å². The molecule has 1 atom stereocenters. The van der Waals surface area contributed by atoms with E-state index in [-0.39, 0.29) is 5.82 Å². The van der Waals surface area contributed by atoms with E-state index in [0.717, 1.165) is 18.5 Å². The molecule has 0 saturated carbocycles. The molecule has 1 aromatic rings.